The molecule has 5 nitrogen and oxygen atoms in total. The van der Waals surface area contributed by atoms with Gasteiger partial charge in [0.25, 0.3) is 5.91 Å². The molecule has 0 radical (unpaired) electrons. The van der Waals surface area contributed by atoms with Gasteiger partial charge in [0.2, 0.25) is 5.91 Å². The van der Waals surface area contributed by atoms with Gasteiger partial charge in [-0.3, -0.25) is 9.59 Å². The van der Waals surface area contributed by atoms with E-state index in [2.05, 4.69) is 12.2 Å². The fourth-order valence-corrected chi connectivity index (χ4v) is 5.39. The second-order valence-corrected chi connectivity index (χ2v) is 9.11. The molecule has 8 heteroatoms. The van der Waals surface area contributed by atoms with Crippen molar-refractivity contribution >= 4 is 51.4 Å². The van der Waals surface area contributed by atoms with Crippen LogP contribution in [0.15, 0.2) is 18.2 Å². The standard InChI is InChI=1S/C21H24Cl2N2O3S/c1-2-12-5-7-14-17(10-12)29-21(19(14)20(24)27)25-18(26)4-3-9-28-16-8-6-13(22)11-15(16)23/h6,8,11-12H,2-5,7,9-10H2,1H3,(H2,24,27)(H,25,26). The summed E-state index contributed by atoms with van der Waals surface area (Å²) in [6, 6.07) is 5.00. The average molecular weight is 455 g/mol. The third kappa shape index (κ3) is 5.44. The summed E-state index contributed by atoms with van der Waals surface area (Å²) in [5, 5.41) is 4.42. The van der Waals surface area contributed by atoms with E-state index in [0.717, 1.165) is 31.2 Å². The lowest BCUT2D eigenvalue weighted by Gasteiger charge is -2.20. The molecule has 1 aliphatic rings. The van der Waals surface area contributed by atoms with E-state index >= 15 is 0 Å². The first-order valence-electron chi connectivity index (χ1n) is 9.71. The summed E-state index contributed by atoms with van der Waals surface area (Å²) in [5.41, 5.74) is 7.11. The summed E-state index contributed by atoms with van der Waals surface area (Å²) < 4.78 is 5.60. The number of nitrogens with two attached hydrogens (primary N) is 1. The molecule has 2 aromatic rings. The zero-order valence-corrected chi connectivity index (χ0v) is 18.6. The average Bonchev–Trinajstić information content (AvgIpc) is 3.03. The van der Waals surface area contributed by atoms with Gasteiger partial charge in [0.1, 0.15) is 10.8 Å². The van der Waals surface area contributed by atoms with Crippen LogP contribution in [0.3, 0.4) is 0 Å². The number of hydrogen-bond acceptors (Lipinski definition) is 4. The Bertz CT molecular complexity index is 914. The van der Waals surface area contributed by atoms with Gasteiger partial charge in [-0.25, -0.2) is 0 Å². The second-order valence-electron chi connectivity index (χ2n) is 7.16. The molecule has 1 unspecified atom stereocenters. The van der Waals surface area contributed by atoms with Crippen molar-refractivity contribution in [3.05, 3.63) is 44.2 Å². The summed E-state index contributed by atoms with van der Waals surface area (Å²) in [6.07, 6.45) is 4.74. The summed E-state index contributed by atoms with van der Waals surface area (Å²) >= 11 is 13.4. The van der Waals surface area contributed by atoms with Crippen molar-refractivity contribution in [3.8, 4) is 5.75 Å². The molecule has 1 aliphatic carbocycles. The number of primary amides is 1. The normalized spacial score (nSPS) is 15.6. The Morgan fingerprint density at radius 2 is 2.14 bits per heavy atom. The molecule has 1 atom stereocenters. The number of fused-ring (bicyclic) bond motifs is 1. The van der Waals surface area contributed by atoms with Gasteiger partial charge in [0.05, 0.1) is 17.2 Å². The van der Waals surface area contributed by atoms with E-state index in [1.165, 1.54) is 16.2 Å². The fraction of sp³-hybridized carbons (Fsp3) is 0.429. The smallest absolute Gasteiger partial charge is 0.251 e. The number of ether oxygens (including phenoxy) is 1. The van der Waals surface area contributed by atoms with Crippen molar-refractivity contribution in [3.63, 3.8) is 0 Å². The van der Waals surface area contributed by atoms with Crippen LogP contribution in [0.5, 0.6) is 5.75 Å². The first-order valence-corrected chi connectivity index (χ1v) is 11.3. The van der Waals surface area contributed by atoms with Gasteiger partial charge in [0, 0.05) is 16.3 Å². The van der Waals surface area contributed by atoms with Gasteiger partial charge in [-0.1, -0.05) is 36.5 Å². The Labute approximate surface area is 184 Å². The number of benzene rings is 1. The minimum absolute atomic E-state index is 0.163. The molecule has 0 spiro atoms. The lowest BCUT2D eigenvalue weighted by molar-refractivity contribution is -0.116. The van der Waals surface area contributed by atoms with E-state index in [1.807, 2.05) is 0 Å². The van der Waals surface area contributed by atoms with Gasteiger partial charge in [0.15, 0.2) is 0 Å². The molecule has 2 amide bonds. The SMILES string of the molecule is CCC1CCc2c(sc(NC(=O)CCCOc3ccc(Cl)cc3Cl)c2C(N)=O)C1. The van der Waals surface area contributed by atoms with Crippen LogP contribution < -0.4 is 15.8 Å². The number of halogens is 2. The van der Waals surface area contributed by atoms with Crippen molar-refractivity contribution in [2.75, 3.05) is 11.9 Å². The molecule has 0 aliphatic heterocycles. The molecule has 29 heavy (non-hydrogen) atoms. The third-order valence-electron chi connectivity index (χ3n) is 5.14. The van der Waals surface area contributed by atoms with Crippen molar-refractivity contribution in [1.82, 2.24) is 0 Å². The van der Waals surface area contributed by atoms with Crippen LogP contribution in [0.25, 0.3) is 0 Å². The Hall–Kier alpha value is -1.76. The van der Waals surface area contributed by atoms with Crippen LogP contribution in [0, 0.1) is 5.92 Å². The van der Waals surface area contributed by atoms with Crippen molar-refractivity contribution in [1.29, 1.82) is 0 Å². The van der Waals surface area contributed by atoms with Gasteiger partial charge in [-0.05, 0) is 55.4 Å². The number of amides is 2. The summed E-state index contributed by atoms with van der Waals surface area (Å²) in [5.74, 6) is 0.517. The number of rotatable bonds is 8. The molecule has 3 rings (SSSR count). The minimum atomic E-state index is -0.478. The van der Waals surface area contributed by atoms with Crippen LogP contribution in [-0.2, 0) is 17.6 Å². The van der Waals surface area contributed by atoms with Crippen molar-refractivity contribution in [2.45, 2.75) is 45.4 Å². The second kappa shape index (κ2) is 9.83. The van der Waals surface area contributed by atoms with Crippen LogP contribution in [0.2, 0.25) is 10.0 Å². The molecule has 3 N–H and O–H groups in total. The van der Waals surface area contributed by atoms with Crippen molar-refractivity contribution in [2.24, 2.45) is 11.7 Å². The zero-order valence-electron chi connectivity index (χ0n) is 16.2. The minimum Gasteiger partial charge on any atom is -0.492 e. The van der Waals surface area contributed by atoms with Crippen LogP contribution in [0.4, 0.5) is 5.00 Å². The maximum Gasteiger partial charge on any atom is 0.251 e. The number of carbonyl (C=O) groups excluding carboxylic acids is 2. The Kier molecular flexibility index (Phi) is 7.44. The van der Waals surface area contributed by atoms with Gasteiger partial charge in [-0.2, -0.15) is 0 Å². The van der Waals surface area contributed by atoms with Crippen LogP contribution >= 0.6 is 34.5 Å². The zero-order chi connectivity index (χ0) is 21.0. The highest BCUT2D eigenvalue weighted by Crippen LogP contribution is 2.40. The highest BCUT2D eigenvalue weighted by atomic mass is 35.5. The van der Waals surface area contributed by atoms with E-state index in [4.69, 9.17) is 33.7 Å². The molecule has 0 saturated heterocycles. The maximum atomic E-state index is 12.4. The molecular weight excluding hydrogens is 431 g/mol. The van der Waals surface area contributed by atoms with Crippen molar-refractivity contribution < 1.29 is 14.3 Å². The highest BCUT2D eigenvalue weighted by molar-refractivity contribution is 7.17. The molecular formula is C21H24Cl2N2O3S. The van der Waals surface area contributed by atoms with Gasteiger partial charge in [-0.15, -0.1) is 11.3 Å². The van der Waals surface area contributed by atoms with E-state index in [9.17, 15) is 9.59 Å². The number of anilines is 1. The quantitative estimate of drug-likeness (QED) is 0.518. The summed E-state index contributed by atoms with van der Waals surface area (Å²) in [4.78, 5) is 25.6. The summed E-state index contributed by atoms with van der Waals surface area (Å²) in [6.45, 7) is 2.52. The molecule has 0 saturated carbocycles. The number of thiophene rings is 1. The highest BCUT2D eigenvalue weighted by Gasteiger charge is 2.28. The Balaban J connectivity index is 1.56. The Morgan fingerprint density at radius 1 is 1.34 bits per heavy atom. The molecule has 0 fully saturated rings. The topological polar surface area (TPSA) is 81.4 Å². The van der Waals surface area contributed by atoms with Crippen LogP contribution in [0.1, 0.15) is 53.4 Å². The largest absolute Gasteiger partial charge is 0.492 e. The Morgan fingerprint density at radius 3 is 2.83 bits per heavy atom. The van der Waals surface area contributed by atoms with E-state index < -0.39 is 5.91 Å². The molecule has 1 aromatic carbocycles. The number of nitrogens with one attached hydrogen (secondary N) is 1. The van der Waals surface area contributed by atoms with E-state index in [-0.39, 0.29) is 12.3 Å². The first-order chi connectivity index (χ1) is 13.9. The maximum absolute atomic E-state index is 12.4. The lowest BCUT2D eigenvalue weighted by Crippen LogP contribution is -2.20. The molecule has 156 valence electrons. The fourth-order valence-electron chi connectivity index (χ4n) is 3.55. The predicted molar refractivity (Wildman–Crippen MR) is 118 cm³/mol. The van der Waals surface area contributed by atoms with Crippen LogP contribution in [-0.4, -0.2) is 18.4 Å². The number of hydrogen-bond donors (Lipinski definition) is 2. The third-order valence-corrected chi connectivity index (χ3v) is 6.84. The predicted octanol–water partition coefficient (Wildman–Crippen LogP) is 5.47. The molecule has 0 bridgehead atoms. The molecule has 1 aromatic heterocycles. The van der Waals surface area contributed by atoms with E-state index in [1.54, 1.807) is 18.2 Å². The molecule has 1 heterocycles. The summed E-state index contributed by atoms with van der Waals surface area (Å²) in [7, 11) is 0. The monoisotopic (exact) mass is 454 g/mol. The van der Waals surface area contributed by atoms with Gasteiger partial charge >= 0.3 is 0 Å². The number of carbonyl (C=O) groups is 2. The lowest BCUT2D eigenvalue weighted by atomic mass is 9.85. The first kappa shape index (κ1) is 21.9. The van der Waals surface area contributed by atoms with Gasteiger partial charge < -0.3 is 15.8 Å². The van der Waals surface area contributed by atoms with E-state index in [0.29, 0.717) is 45.3 Å².